The highest BCUT2D eigenvalue weighted by Gasteiger charge is 2.35. The van der Waals surface area contributed by atoms with Gasteiger partial charge in [-0.2, -0.15) is 0 Å². The predicted molar refractivity (Wildman–Crippen MR) is 90.8 cm³/mol. The van der Waals surface area contributed by atoms with Crippen molar-refractivity contribution in [1.29, 1.82) is 0 Å². The molecule has 12 nitrogen and oxygen atoms in total. The smallest absolute Gasteiger partial charge is 0.328 e. The zero-order chi connectivity index (χ0) is 20.6. The van der Waals surface area contributed by atoms with Crippen LogP contribution in [-0.4, -0.2) is 82.5 Å². The maximum atomic E-state index is 12.5. The van der Waals surface area contributed by atoms with Crippen LogP contribution in [0.25, 0.3) is 0 Å². The van der Waals surface area contributed by atoms with Crippen molar-refractivity contribution in [3.05, 3.63) is 0 Å². The third-order valence-corrected chi connectivity index (χ3v) is 4.16. The van der Waals surface area contributed by atoms with Crippen molar-refractivity contribution in [3.8, 4) is 0 Å². The summed E-state index contributed by atoms with van der Waals surface area (Å²) in [6.07, 6.45) is 0.581. The van der Waals surface area contributed by atoms with Crippen molar-refractivity contribution in [2.45, 2.75) is 43.8 Å². The van der Waals surface area contributed by atoms with Gasteiger partial charge < -0.3 is 37.2 Å². The lowest BCUT2D eigenvalue weighted by atomic mass is 10.1. The minimum Gasteiger partial charge on any atom is -0.480 e. The number of aliphatic hydroxyl groups excluding tert-OH is 1. The molecule has 1 heterocycles. The van der Waals surface area contributed by atoms with Gasteiger partial charge in [-0.1, -0.05) is 0 Å². The van der Waals surface area contributed by atoms with Crippen molar-refractivity contribution in [1.82, 2.24) is 15.5 Å². The zero-order valence-corrected chi connectivity index (χ0v) is 14.7. The topological polar surface area (TPSA) is 205 Å². The van der Waals surface area contributed by atoms with Gasteiger partial charge >= 0.3 is 5.97 Å². The average Bonchev–Trinajstić information content (AvgIpc) is 3.11. The monoisotopic (exact) mass is 387 g/mol. The molecular formula is C15H25N5O7. The molecule has 0 saturated carbocycles. The van der Waals surface area contributed by atoms with E-state index in [0.717, 1.165) is 0 Å². The van der Waals surface area contributed by atoms with Crippen LogP contribution in [0.3, 0.4) is 0 Å². The van der Waals surface area contributed by atoms with Crippen LogP contribution in [0, 0.1) is 0 Å². The van der Waals surface area contributed by atoms with Crippen molar-refractivity contribution in [2.75, 3.05) is 19.7 Å². The highest BCUT2D eigenvalue weighted by atomic mass is 16.4. The number of aliphatic hydroxyl groups is 1. The van der Waals surface area contributed by atoms with Gasteiger partial charge in [-0.25, -0.2) is 4.79 Å². The summed E-state index contributed by atoms with van der Waals surface area (Å²) in [5.74, 6) is -4.08. The molecule has 12 heteroatoms. The molecule has 8 N–H and O–H groups in total. The second kappa shape index (κ2) is 10.4. The molecule has 1 fully saturated rings. The zero-order valence-electron chi connectivity index (χ0n) is 14.7. The SMILES string of the molecule is NCC(=O)N1CCCC1C(=O)NC(CCC(N)=O)C(=O)NC(CO)C(=O)O. The number of nitrogens with zero attached hydrogens (tertiary/aromatic N) is 1. The Labute approximate surface area is 155 Å². The number of aliphatic carboxylic acids is 1. The maximum Gasteiger partial charge on any atom is 0.328 e. The number of likely N-dealkylation sites (tertiary alicyclic amines) is 1. The molecule has 3 atom stereocenters. The minimum absolute atomic E-state index is 0.164. The van der Waals surface area contributed by atoms with Crippen molar-refractivity contribution in [2.24, 2.45) is 11.5 Å². The maximum absolute atomic E-state index is 12.5. The summed E-state index contributed by atoms with van der Waals surface area (Å²) in [6, 6.07) is -3.63. The molecule has 0 aliphatic carbocycles. The van der Waals surface area contributed by atoms with Crippen LogP contribution in [-0.2, 0) is 24.0 Å². The first-order chi connectivity index (χ1) is 12.7. The molecule has 0 radical (unpaired) electrons. The number of carboxylic acid groups (broad SMARTS) is 1. The van der Waals surface area contributed by atoms with Crippen molar-refractivity contribution in [3.63, 3.8) is 0 Å². The van der Waals surface area contributed by atoms with E-state index < -0.39 is 54.3 Å². The number of primary amides is 1. The van der Waals surface area contributed by atoms with Crippen LogP contribution in [0.5, 0.6) is 0 Å². The largest absolute Gasteiger partial charge is 0.480 e. The quantitative estimate of drug-likeness (QED) is 0.219. The van der Waals surface area contributed by atoms with E-state index in [0.29, 0.717) is 19.4 Å². The number of nitrogens with one attached hydrogen (secondary N) is 2. The molecule has 27 heavy (non-hydrogen) atoms. The summed E-state index contributed by atoms with van der Waals surface area (Å²) in [4.78, 5) is 59.9. The third-order valence-electron chi connectivity index (χ3n) is 4.16. The van der Waals surface area contributed by atoms with Crippen LogP contribution in [0.4, 0.5) is 0 Å². The first-order valence-corrected chi connectivity index (χ1v) is 8.43. The first kappa shape index (κ1) is 22.3. The standard InChI is InChI=1S/C15H25N5O7/c16-6-12(23)20-5-1-2-10(20)14(25)18-8(3-4-11(17)22)13(24)19-9(7-21)15(26)27/h8-10,21H,1-7,16H2,(H2,17,22)(H,18,25)(H,19,24)(H,26,27). The molecular weight excluding hydrogens is 362 g/mol. The van der Waals surface area contributed by atoms with E-state index in [2.05, 4.69) is 10.6 Å². The number of amides is 4. The molecule has 152 valence electrons. The summed E-state index contributed by atoms with van der Waals surface area (Å²) in [5.41, 5.74) is 10.4. The molecule has 0 aromatic rings. The van der Waals surface area contributed by atoms with Crippen LogP contribution < -0.4 is 22.1 Å². The number of carboxylic acids is 1. The Hall–Kier alpha value is -2.73. The van der Waals surface area contributed by atoms with E-state index in [9.17, 15) is 24.0 Å². The van der Waals surface area contributed by atoms with Crippen LogP contribution in [0.15, 0.2) is 0 Å². The summed E-state index contributed by atoms with van der Waals surface area (Å²) in [6.45, 7) is -0.747. The van der Waals surface area contributed by atoms with Crippen LogP contribution in [0.2, 0.25) is 0 Å². The average molecular weight is 387 g/mol. The van der Waals surface area contributed by atoms with Gasteiger partial charge in [-0.3, -0.25) is 19.2 Å². The Morgan fingerprint density at radius 2 is 1.81 bits per heavy atom. The molecule has 3 unspecified atom stereocenters. The number of hydrogen-bond acceptors (Lipinski definition) is 7. The second-order valence-corrected chi connectivity index (χ2v) is 6.10. The lowest BCUT2D eigenvalue weighted by Gasteiger charge is -2.26. The fraction of sp³-hybridized carbons (Fsp3) is 0.667. The number of carbonyl (C=O) groups is 5. The number of carbonyl (C=O) groups excluding carboxylic acids is 4. The Bertz CT molecular complexity index is 597. The van der Waals surface area contributed by atoms with Crippen molar-refractivity contribution < 1.29 is 34.2 Å². The van der Waals surface area contributed by atoms with Gasteiger partial charge in [0, 0.05) is 13.0 Å². The van der Waals surface area contributed by atoms with E-state index in [1.165, 1.54) is 4.90 Å². The molecule has 0 spiro atoms. The van der Waals surface area contributed by atoms with Gasteiger partial charge in [0.05, 0.1) is 13.2 Å². The van der Waals surface area contributed by atoms with E-state index >= 15 is 0 Å². The van der Waals surface area contributed by atoms with E-state index in [-0.39, 0.29) is 19.4 Å². The molecule has 1 aliphatic rings. The minimum atomic E-state index is -1.56. The summed E-state index contributed by atoms with van der Waals surface area (Å²) >= 11 is 0. The number of rotatable bonds is 10. The Balaban J connectivity index is 2.85. The molecule has 1 rings (SSSR count). The van der Waals surface area contributed by atoms with E-state index in [4.69, 9.17) is 21.7 Å². The fourth-order valence-electron chi connectivity index (χ4n) is 2.74. The van der Waals surface area contributed by atoms with Gasteiger partial charge in [0.2, 0.25) is 23.6 Å². The molecule has 1 saturated heterocycles. The lowest BCUT2D eigenvalue weighted by Crippen LogP contribution is -2.56. The fourth-order valence-corrected chi connectivity index (χ4v) is 2.74. The molecule has 4 amide bonds. The van der Waals surface area contributed by atoms with Crippen LogP contribution in [0.1, 0.15) is 25.7 Å². The summed E-state index contributed by atoms with van der Waals surface area (Å²) < 4.78 is 0. The van der Waals surface area contributed by atoms with Gasteiger partial charge in [0.1, 0.15) is 18.1 Å². The number of nitrogens with two attached hydrogens (primary N) is 2. The molecule has 0 aromatic heterocycles. The van der Waals surface area contributed by atoms with Crippen LogP contribution >= 0.6 is 0 Å². The predicted octanol–water partition coefficient (Wildman–Crippen LogP) is -3.75. The summed E-state index contributed by atoms with van der Waals surface area (Å²) in [7, 11) is 0. The highest BCUT2D eigenvalue weighted by Crippen LogP contribution is 2.17. The second-order valence-electron chi connectivity index (χ2n) is 6.10. The van der Waals surface area contributed by atoms with Gasteiger partial charge in [-0.05, 0) is 19.3 Å². The van der Waals surface area contributed by atoms with E-state index in [1.54, 1.807) is 0 Å². The molecule has 0 aromatic carbocycles. The lowest BCUT2D eigenvalue weighted by molar-refractivity contribution is -0.144. The van der Waals surface area contributed by atoms with Gasteiger partial charge in [-0.15, -0.1) is 0 Å². The van der Waals surface area contributed by atoms with Crippen molar-refractivity contribution >= 4 is 29.6 Å². The molecule has 1 aliphatic heterocycles. The molecule has 0 bridgehead atoms. The first-order valence-electron chi connectivity index (χ1n) is 8.43. The highest BCUT2D eigenvalue weighted by molar-refractivity contribution is 5.94. The summed E-state index contributed by atoms with van der Waals surface area (Å²) in [5, 5.41) is 22.4. The Kier molecular flexibility index (Phi) is 8.62. The number of hydrogen-bond donors (Lipinski definition) is 6. The van der Waals surface area contributed by atoms with Gasteiger partial charge in [0.25, 0.3) is 0 Å². The van der Waals surface area contributed by atoms with Gasteiger partial charge in [0.15, 0.2) is 0 Å². The normalized spacial score (nSPS) is 18.4. The third kappa shape index (κ3) is 6.49. The Morgan fingerprint density at radius 1 is 1.15 bits per heavy atom. The Morgan fingerprint density at radius 3 is 2.33 bits per heavy atom. The van der Waals surface area contributed by atoms with E-state index in [1.807, 2.05) is 0 Å².